The molecular weight excluding hydrogens is 311 g/mol. The van der Waals surface area contributed by atoms with Crippen molar-refractivity contribution in [3.63, 3.8) is 0 Å². The first kappa shape index (κ1) is 14.2. The summed E-state index contributed by atoms with van der Waals surface area (Å²) in [6.07, 6.45) is -1.51. The molecule has 1 aromatic rings. The van der Waals surface area contributed by atoms with Crippen LogP contribution in [0.1, 0.15) is 17.2 Å². The Hall–Kier alpha value is -0.910. The number of Topliss-reactive ketones (excluding diaryl/α,β-unsaturated/α-hetero) is 1. The van der Waals surface area contributed by atoms with Crippen LogP contribution in [0.2, 0.25) is 0 Å². The van der Waals surface area contributed by atoms with E-state index in [1.165, 1.54) is 6.07 Å². The molecule has 1 rings (SSSR count). The highest BCUT2D eigenvalue weighted by Crippen LogP contribution is 2.27. The molecule has 6 heteroatoms. The van der Waals surface area contributed by atoms with Crippen molar-refractivity contribution in [1.82, 2.24) is 0 Å². The van der Waals surface area contributed by atoms with E-state index >= 15 is 0 Å². The number of ketones is 1. The molecular formula is C11H10BrClO4. The molecule has 1 aromatic carbocycles. The van der Waals surface area contributed by atoms with Crippen LogP contribution in [0.15, 0.2) is 22.7 Å². The Balaban J connectivity index is 3.07. The zero-order valence-corrected chi connectivity index (χ0v) is 11.0. The number of hydrogen-bond acceptors (Lipinski definition) is 3. The second kappa shape index (κ2) is 6.14. The van der Waals surface area contributed by atoms with Gasteiger partial charge in [-0.2, -0.15) is 0 Å². The third-order valence-corrected chi connectivity index (χ3v) is 3.44. The van der Waals surface area contributed by atoms with Crippen molar-refractivity contribution in [3.8, 4) is 0 Å². The molecule has 0 aliphatic carbocycles. The van der Waals surface area contributed by atoms with E-state index in [0.717, 1.165) is 0 Å². The molecule has 1 unspecified atom stereocenters. The number of aliphatic hydroxyl groups excluding tert-OH is 1. The minimum Gasteiger partial charge on any atom is -0.479 e. The lowest BCUT2D eigenvalue weighted by atomic mass is 10.0. The van der Waals surface area contributed by atoms with Crippen LogP contribution in [-0.4, -0.2) is 27.8 Å². The summed E-state index contributed by atoms with van der Waals surface area (Å²) in [5, 5.41) is 18.2. The fourth-order valence-corrected chi connectivity index (χ4v) is 2.06. The van der Waals surface area contributed by atoms with Crippen LogP contribution in [0.4, 0.5) is 0 Å². The first-order valence-electron chi connectivity index (χ1n) is 4.73. The lowest BCUT2D eigenvalue weighted by molar-refractivity contribution is -0.147. The summed E-state index contributed by atoms with van der Waals surface area (Å²) in [5.41, 5.74) is 0.825. The Morgan fingerprint density at radius 2 is 2.06 bits per heavy atom. The number of alkyl halides is 1. The van der Waals surface area contributed by atoms with Gasteiger partial charge in [-0.15, -0.1) is 11.6 Å². The molecule has 2 N–H and O–H groups in total. The molecule has 4 nitrogen and oxygen atoms in total. The molecule has 0 fully saturated rings. The first-order valence-corrected chi connectivity index (χ1v) is 6.06. The maximum Gasteiger partial charge on any atom is 0.337 e. The first-order chi connectivity index (χ1) is 7.97. The SMILES string of the molecule is O=C(CCl)Cc1cccc(C(O)C(=O)O)c1Br. The predicted octanol–water partition coefficient (Wildman–Crippen LogP) is 1.92. The highest BCUT2D eigenvalue weighted by atomic mass is 79.9. The molecule has 0 bridgehead atoms. The summed E-state index contributed by atoms with van der Waals surface area (Å²) in [6.45, 7) is 0. The largest absolute Gasteiger partial charge is 0.479 e. The van der Waals surface area contributed by atoms with E-state index in [1.54, 1.807) is 12.1 Å². The summed E-state index contributed by atoms with van der Waals surface area (Å²) >= 11 is 8.59. The van der Waals surface area contributed by atoms with Crippen LogP contribution in [0.25, 0.3) is 0 Å². The summed E-state index contributed by atoms with van der Waals surface area (Å²) in [4.78, 5) is 21.9. The maximum absolute atomic E-state index is 11.2. The minimum atomic E-state index is -1.62. The fourth-order valence-electron chi connectivity index (χ4n) is 1.34. The quantitative estimate of drug-likeness (QED) is 0.813. The van der Waals surface area contributed by atoms with Crippen LogP contribution in [-0.2, 0) is 16.0 Å². The lowest BCUT2D eigenvalue weighted by Crippen LogP contribution is -2.12. The van der Waals surface area contributed by atoms with E-state index in [-0.39, 0.29) is 23.6 Å². The number of carboxylic acid groups (broad SMARTS) is 1. The van der Waals surface area contributed by atoms with E-state index in [2.05, 4.69) is 15.9 Å². The number of carbonyl (C=O) groups excluding carboxylic acids is 1. The Morgan fingerprint density at radius 3 is 2.59 bits per heavy atom. The number of carbonyl (C=O) groups is 2. The maximum atomic E-state index is 11.2. The molecule has 17 heavy (non-hydrogen) atoms. The number of rotatable bonds is 5. The van der Waals surface area contributed by atoms with Crippen molar-refractivity contribution < 1.29 is 19.8 Å². The van der Waals surface area contributed by atoms with Crippen molar-refractivity contribution in [1.29, 1.82) is 0 Å². The van der Waals surface area contributed by atoms with Crippen molar-refractivity contribution in [2.45, 2.75) is 12.5 Å². The highest BCUT2D eigenvalue weighted by molar-refractivity contribution is 9.10. The minimum absolute atomic E-state index is 0.0991. The van der Waals surface area contributed by atoms with E-state index in [9.17, 15) is 14.7 Å². The normalized spacial score (nSPS) is 12.2. The second-order valence-corrected chi connectivity index (χ2v) is 4.47. The summed E-state index contributed by atoms with van der Waals surface area (Å²) < 4.78 is 0.424. The Morgan fingerprint density at radius 1 is 1.41 bits per heavy atom. The molecule has 0 saturated heterocycles. The molecule has 0 amide bonds. The molecule has 0 aliphatic rings. The van der Waals surface area contributed by atoms with Crippen LogP contribution in [0, 0.1) is 0 Å². The van der Waals surface area contributed by atoms with Gasteiger partial charge in [0.2, 0.25) is 0 Å². The molecule has 0 radical (unpaired) electrons. The predicted molar refractivity (Wildman–Crippen MR) is 66.2 cm³/mol. The Kier molecular flexibility index (Phi) is 5.11. The number of benzene rings is 1. The van der Waals surface area contributed by atoms with Crippen molar-refractivity contribution >= 4 is 39.3 Å². The lowest BCUT2D eigenvalue weighted by Gasteiger charge is -2.11. The monoisotopic (exact) mass is 320 g/mol. The molecule has 0 spiro atoms. The van der Waals surface area contributed by atoms with Crippen molar-refractivity contribution in [3.05, 3.63) is 33.8 Å². The van der Waals surface area contributed by atoms with E-state index in [4.69, 9.17) is 16.7 Å². The average Bonchev–Trinajstić information content (AvgIpc) is 2.30. The Bertz CT molecular complexity index is 447. The van der Waals surface area contributed by atoms with Gasteiger partial charge >= 0.3 is 5.97 Å². The molecule has 1 atom stereocenters. The molecule has 92 valence electrons. The smallest absolute Gasteiger partial charge is 0.337 e. The van der Waals surface area contributed by atoms with Crippen LogP contribution in [0.5, 0.6) is 0 Å². The van der Waals surface area contributed by atoms with Gasteiger partial charge in [-0.05, 0) is 5.56 Å². The van der Waals surface area contributed by atoms with Crippen LogP contribution in [0.3, 0.4) is 0 Å². The third kappa shape index (κ3) is 3.52. The summed E-state index contributed by atoms with van der Waals surface area (Å²) in [6, 6.07) is 4.74. The van der Waals surface area contributed by atoms with Gasteiger partial charge in [-0.25, -0.2) is 4.79 Å². The van der Waals surface area contributed by atoms with Gasteiger partial charge in [-0.3, -0.25) is 4.79 Å². The topological polar surface area (TPSA) is 74.6 Å². The number of halogens is 2. The van der Waals surface area contributed by atoms with Gasteiger partial charge in [0.15, 0.2) is 11.9 Å². The van der Waals surface area contributed by atoms with Crippen molar-refractivity contribution in [2.75, 3.05) is 5.88 Å². The number of carboxylic acids is 1. The number of aliphatic carboxylic acids is 1. The zero-order valence-electron chi connectivity index (χ0n) is 8.69. The fraction of sp³-hybridized carbons (Fsp3) is 0.273. The van der Waals surface area contributed by atoms with Gasteiger partial charge in [0.25, 0.3) is 0 Å². The van der Waals surface area contributed by atoms with Gasteiger partial charge < -0.3 is 10.2 Å². The molecule has 0 saturated carbocycles. The summed E-state index contributed by atoms with van der Waals surface area (Å²) in [7, 11) is 0. The second-order valence-electron chi connectivity index (χ2n) is 3.41. The summed E-state index contributed by atoms with van der Waals surface area (Å²) in [5.74, 6) is -1.61. The number of aliphatic hydroxyl groups is 1. The zero-order chi connectivity index (χ0) is 13.0. The number of hydrogen-bond donors (Lipinski definition) is 2. The van der Waals surface area contributed by atoms with Gasteiger partial charge in [0.1, 0.15) is 0 Å². The van der Waals surface area contributed by atoms with Gasteiger partial charge in [0, 0.05) is 16.5 Å². The molecule has 0 aromatic heterocycles. The van der Waals surface area contributed by atoms with Crippen LogP contribution >= 0.6 is 27.5 Å². The van der Waals surface area contributed by atoms with E-state index < -0.39 is 12.1 Å². The molecule has 0 aliphatic heterocycles. The van der Waals surface area contributed by atoms with Gasteiger partial charge in [0.05, 0.1) is 5.88 Å². The van der Waals surface area contributed by atoms with Crippen LogP contribution < -0.4 is 0 Å². The Labute approximate surface area is 111 Å². The van der Waals surface area contributed by atoms with Gasteiger partial charge in [-0.1, -0.05) is 34.1 Å². The highest BCUT2D eigenvalue weighted by Gasteiger charge is 2.20. The average molecular weight is 322 g/mol. The standard InChI is InChI=1S/C11H10BrClO4/c12-9-6(4-7(14)5-13)2-1-3-8(9)10(15)11(16)17/h1-3,10,15H,4-5H2,(H,16,17). The van der Waals surface area contributed by atoms with Crippen molar-refractivity contribution in [2.24, 2.45) is 0 Å². The van der Waals surface area contributed by atoms with E-state index in [1.807, 2.05) is 0 Å². The van der Waals surface area contributed by atoms with E-state index in [0.29, 0.717) is 10.0 Å². The third-order valence-electron chi connectivity index (χ3n) is 2.17. The molecule has 0 heterocycles.